The predicted octanol–water partition coefficient (Wildman–Crippen LogP) is 2.90. The smallest absolute Gasteiger partial charge is 0.244 e. The minimum absolute atomic E-state index is 0.125. The summed E-state index contributed by atoms with van der Waals surface area (Å²) < 4.78 is 0. The van der Waals surface area contributed by atoms with E-state index in [-0.39, 0.29) is 5.91 Å². The second kappa shape index (κ2) is 6.05. The molecule has 1 atom stereocenters. The fourth-order valence-corrected chi connectivity index (χ4v) is 1.73. The molecular formula is C14H18N2O. The second-order valence-corrected chi connectivity index (χ2v) is 4.21. The van der Waals surface area contributed by atoms with E-state index in [1.807, 2.05) is 38.1 Å². The van der Waals surface area contributed by atoms with E-state index in [1.54, 1.807) is 11.9 Å². The third-order valence-electron chi connectivity index (χ3n) is 2.75. The molecule has 0 aliphatic heterocycles. The van der Waals surface area contributed by atoms with Crippen molar-refractivity contribution in [3.8, 4) is 6.07 Å². The zero-order valence-electron chi connectivity index (χ0n) is 10.6. The summed E-state index contributed by atoms with van der Waals surface area (Å²) in [5, 5.41) is 8.98. The lowest BCUT2D eigenvalue weighted by molar-refractivity contribution is -0.120. The van der Waals surface area contributed by atoms with E-state index in [1.165, 1.54) is 0 Å². The van der Waals surface area contributed by atoms with Crippen molar-refractivity contribution in [1.29, 1.82) is 5.26 Å². The molecule has 0 N–H and O–H groups in total. The third kappa shape index (κ3) is 3.32. The molecule has 1 unspecified atom stereocenters. The quantitative estimate of drug-likeness (QED) is 0.798. The summed E-state index contributed by atoms with van der Waals surface area (Å²) in [5.74, 6) is -0.662. The minimum Gasteiger partial charge on any atom is -0.314 e. The minimum atomic E-state index is -0.537. The Hall–Kier alpha value is -1.82. The van der Waals surface area contributed by atoms with Gasteiger partial charge in [-0.25, -0.2) is 0 Å². The van der Waals surface area contributed by atoms with Crippen molar-refractivity contribution < 1.29 is 4.79 Å². The highest BCUT2D eigenvalue weighted by molar-refractivity contribution is 5.96. The van der Waals surface area contributed by atoms with Crippen molar-refractivity contribution in [3.63, 3.8) is 0 Å². The van der Waals surface area contributed by atoms with Crippen molar-refractivity contribution in [2.75, 3.05) is 11.9 Å². The molecule has 1 aromatic rings. The molecule has 17 heavy (non-hydrogen) atoms. The second-order valence-electron chi connectivity index (χ2n) is 4.21. The van der Waals surface area contributed by atoms with Crippen LogP contribution in [0.25, 0.3) is 0 Å². The molecule has 0 fully saturated rings. The Morgan fingerprint density at radius 3 is 2.76 bits per heavy atom. The lowest BCUT2D eigenvalue weighted by Gasteiger charge is -2.20. The summed E-state index contributed by atoms with van der Waals surface area (Å²) in [6, 6.07) is 9.79. The highest BCUT2D eigenvalue weighted by atomic mass is 16.2. The van der Waals surface area contributed by atoms with E-state index >= 15 is 0 Å². The van der Waals surface area contributed by atoms with E-state index in [0.717, 1.165) is 17.7 Å². The fourth-order valence-electron chi connectivity index (χ4n) is 1.73. The number of anilines is 1. The van der Waals surface area contributed by atoms with Gasteiger partial charge in [0.05, 0.1) is 6.07 Å². The van der Waals surface area contributed by atoms with Gasteiger partial charge in [-0.05, 0) is 31.0 Å². The maximum Gasteiger partial charge on any atom is 0.244 e. The van der Waals surface area contributed by atoms with Crippen LogP contribution in [0.2, 0.25) is 0 Å². The van der Waals surface area contributed by atoms with Crippen LogP contribution in [0.1, 0.15) is 25.3 Å². The van der Waals surface area contributed by atoms with Crippen LogP contribution in [0.3, 0.4) is 0 Å². The van der Waals surface area contributed by atoms with E-state index < -0.39 is 5.92 Å². The van der Waals surface area contributed by atoms with Gasteiger partial charge in [0, 0.05) is 12.7 Å². The van der Waals surface area contributed by atoms with Crippen LogP contribution in [-0.2, 0) is 4.79 Å². The maximum absolute atomic E-state index is 12.1. The van der Waals surface area contributed by atoms with Crippen molar-refractivity contribution in [2.45, 2.75) is 26.7 Å². The molecule has 1 amide bonds. The molecule has 3 nitrogen and oxygen atoms in total. The van der Waals surface area contributed by atoms with Crippen LogP contribution in [0.15, 0.2) is 24.3 Å². The average Bonchev–Trinajstić information content (AvgIpc) is 2.34. The SMILES string of the molecule is CCCC(C#N)C(=O)N(C)c1cccc(C)c1. The van der Waals surface area contributed by atoms with E-state index in [4.69, 9.17) is 5.26 Å². The summed E-state index contributed by atoms with van der Waals surface area (Å²) in [7, 11) is 1.72. The van der Waals surface area contributed by atoms with Gasteiger partial charge >= 0.3 is 0 Å². The highest BCUT2D eigenvalue weighted by Gasteiger charge is 2.21. The first-order valence-corrected chi connectivity index (χ1v) is 5.84. The van der Waals surface area contributed by atoms with Gasteiger partial charge in [-0.15, -0.1) is 0 Å². The lowest BCUT2D eigenvalue weighted by Crippen LogP contribution is -2.32. The van der Waals surface area contributed by atoms with Crippen molar-refractivity contribution >= 4 is 11.6 Å². The van der Waals surface area contributed by atoms with Gasteiger partial charge in [0.2, 0.25) is 5.91 Å². The number of nitrogens with zero attached hydrogens (tertiary/aromatic N) is 2. The molecule has 0 bridgehead atoms. The van der Waals surface area contributed by atoms with Crippen LogP contribution < -0.4 is 4.90 Å². The summed E-state index contributed by atoms with van der Waals surface area (Å²) in [6.45, 7) is 3.96. The Morgan fingerprint density at radius 2 is 2.24 bits per heavy atom. The van der Waals surface area contributed by atoms with E-state index in [9.17, 15) is 4.79 Å². The molecule has 1 rings (SSSR count). The Morgan fingerprint density at radius 1 is 1.53 bits per heavy atom. The number of carbonyl (C=O) groups is 1. The van der Waals surface area contributed by atoms with Gasteiger partial charge in [0.1, 0.15) is 5.92 Å². The van der Waals surface area contributed by atoms with Crippen molar-refractivity contribution in [3.05, 3.63) is 29.8 Å². The van der Waals surface area contributed by atoms with Crippen LogP contribution in [0.4, 0.5) is 5.69 Å². The van der Waals surface area contributed by atoms with Gasteiger partial charge in [-0.1, -0.05) is 25.5 Å². The van der Waals surface area contributed by atoms with E-state index in [0.29, 0.717) is 6.42 Å². The molecule has 0 aromatic heterocycles. The molecule has 3 heteroatoms. The Labute approximate surface area is 103 Å². The first-order valence-electron chi connectivity index (χ1n) is 5.84. The number of nitriles is 1. The number of benzene rings is 1. The van der Waals surface area contributed by atoms with Gasteiger partial charge in [-0.2, -0.15) is 5.26 Å². The van der Waals surface area contributed by atoms with Gasteiger partial charge in [0.25, 0.3) is 0 Å². The Kier molecular flexibility index (Phi) is 4.71. The first kappa shape index (κ1) is 13.2. The Balaban J connectivity index is 2.86. The molecule has 0 spiro atoms. The largest absolute Gasteiger partial charge is 0.314 e. The molecule has 1 aromatic carbocycles. The molecule has 0 saturated carbocycles. The summed E-state index contributed by atoms with van der Waals surface area (Å²) in [5.41, 5.74) is 1.94. The third-order valence-corrected chi connectivity index (χ3v) is 2.75. The number of rotatable bonds is 4. The van der Waals surface area contributed by atoms with Crippen LogP contribution >= 0.6 is 0 Å². The Bertz CT molecular complexity index is 434. The molecule has 0 saturated heterocycles. The topological polar surface area (TPSA) is 44.1 Å². The summed E-state index contributed by atoms with van der Waals surface area (Å²) in [4.78, 5) is 13.6. The zero-order chi connectivity index (χ0) is 12.8. The summed E-state index contributed by atoms with van der Waals surface area (Å²) >= 11 is 0. The molecule has 0 aliphatic rings. The molecule has 0 radical (unpaired) electrons. The van der Waals surface area contributed by atoms with Crippen LogP contribution in [-0.4, -0.2) is 13.0 Å². The number of hydrogen-bond donors (Lipinski definition) is 0. The lowest BCUT2D eigenvalue weighted by atomic mass is 10.0. The first-order chi connectivity index (χ1) is 8.10. The molecule has 0 heterocycles. The van der Waals surface area contributed by atoms with Crippen LogP contribution in [0, 0.1) is 24.2 Å². The highest BCUT2D eigenvalue weighted by Crippen LogP contribution is 2.18. The zero-order valence-corrected chi connectivity index (χ0v) is 10.6. The van der Waals surface area contributed by atoms with Gasteiger partial charge in [-0.3, -0.25) is 4.79 Å². The number of carbonyl (C=O) groups excluding carboxylic acids is 1. The molecular weight excluding hydrogens is 212 g/mol. The van der Waals surface area contributed by atoms with Crippen molar-refractivity contribution in [2.24, 2.45) is 5.92 Å². The van der Waals surface area contributed by atoms with E-state index in [2.05, 4.69) is 6.07 Å². The predicted molar refractivity (Wildman–Crippen MR) is 68.6 cm³/mol. The summed E-state index contributed by atoms with van der Waals surface area (Å²) in [6.07, 6.45) is 1.46. The van der Waals surface area contributed by atoms with Crippen LogP contribution in [0.5, 0.6) is 0 Å². The number of hydrogen-bond acceptors (Lipinski definition) is 2. The van der Waals surface area contributed by atoms with Crippen molar-refractivity contribution in [1.82, 2.24) is 0 Å². The fraction of sp³-hybridized carbons (Fsp3) is 0.429. The molecule has 0 aliphatic carbocycles. The van der Waals surface area contributed by atoms with Gasteiger partial charge in [0.15, 0.2) is 0 Å². The molecule has 90 valence electrons. The monoisotopic (exact) mass is 230 g/mol. The normalized spacial score (nSPS) is 11.6. The number of amides is 1. The maximum atomic E-state index is 12.1. The standard InChI is InChI=1S/C14H18N2O/c1-4-6-12(10-15)14(17)16(3)13-8-5-7-11(2)9-13/h5,7-9,12H,4,6H2,1-3H3. The van der Waals surface area contributed by atoms with Gasteiger partial charge < -0.3 is 4.90 Å². The number of aryl methyl sites for hydroxylation is 1. The average molecular weight is 230 g/mol.